The molecule has 4 rings (SSSR count). The van der Waals surface area contributed by atoms with Gasteiger partial charge in [-0.25, -0.2) is 23.1 Å². The Morgan fingerprint density at radius 1 is 1.34 bits per heavy atom. The minimum Gasteiger partial charge on any atom is -0.449 e. The van der Waals surface area contributed by atoms with Gasteiger partial charge in [-0.1, -0.05) is 6.07 Å². The normalized spacial score (nSPS) is 32.0. The van der Waals surface area contributed by atoms with Gasteiger partial charge in [-0.15, -0.1) is 0 Å². The molecule has 156 valence electrons. The van der Waals surface area contributed by atoms with E-state index in [1.165, 1.54) is 4.58 Å². The van der Waals surface area contributed by atoms with E-state index in [1.54, 1.807) is 0 Å². The van der Waals surface area contributed by atoms with Crippen LogP contribution in [0.4, 0.5) is 8.78 Å². The first-order chi connectivity index (χ1) is 13.6. The number of nitrogens with zero attached hydrogens (tertiary/aromatic N) is 2. The molecule has 29 heavy (non-hydrogen) atoms. The van der Waals surface area contributed by atoms with Crippen molar-refractivity contribution in [3.63, 3.8) is 0 Å². The lowest BCUT2D eigenvalue weighted by Gasteiger charge is -2.42. The van der Waals surface area contributed by atoms with E-state index >= 15 is 0 Å². The van der Waals surface area contributed by atoms with E-state index in [2.05, 4.69) is 15.6 Å². The van der Waals surface area contributed by atoms with Crippen molar-refractivity contribution in [2.75, 3.05) is 13.2 Å². The second-order valence-corrected chi connectivity index (χ2v) is 7.00. The number of ether oxygens (including phenoxy) is 1. The summed E-state index contributed by atoms with van der Waals surface area (Å²) in [5.74, 6) is -6.83. The zero-order valence-electron chi connectivity index (χ0n) is 14.8. The monoisotopic (exact) mass is 413 g/mol. The molecule has 9 N–H and O–H groups in total. The van der Waals surface area contributed by atoms with Crippen molar-refractivity contribution in [2.45, 2.75) is 29.6 Å². The number of aliphatic hydroxyl groups is 3. The first-order valence-electron chi connectivity index (χ1n) is 8.62. The lowest BCUT2D eigenvalue weighted by Crippen LogP contribution is -2.78. The number of nitrogens with two attached hydrogens (primary N) is 2. The summed E-state index contributed by atoms with van der Waals surface area (Å²) in [6, 6.07) is 0.931. The Kier molecular flexibility index (Phi) is 4.15. The van der Waals surface area contributed by atoms with Gasteiger partial charge in [0, 0.05) is 0 Å². The van der Waals surface area contributed by atoms with E-state index < -0.39 is 59.4 Å². The largest absolute Gasteiger partial charge is 0.449 e. The fourth-order valence-electron chi connectivity index (χ4n) is 4.12. The van der Waals surface area contributed by atoms with Crippen LogP contribution in [0.3, 0.4) is 0 Å². The molecule has 1 saturated heterocycles. The first kappa shape index (κ1) is 19.3. The van der Waals surface area contributed by atoms with Crippen molar-refractivity contribution in [3.8, 4) is 0 Å². The van der Waals surface area contributed by atoms with Gasteiger partial charge in [0.1, 0.15) is 29.8 Å². The first-order valence-corrected chi connectivity index (χ1v) is 8.62. The van der Waals surface area contributed by atoms with Gasteiger partial charge in [-0.3, -0.25) is 11.1 Å². The van der Waals surface area contributed by atoms with Crippen LogP contribution in [0.15, 0.2) is 23.2 Å². The average molecular weight is 413 g/mol. The highest BCUT2D eigenvalue weighted by molar-refractivity contribution is 5.90. The highest BCUT2D eigenvalue weighted by Gasteiger charge is 2.76. The number of aliphatic imine (C=N–C) groups is 1. The van der Waals surface area contributed by atoms with Crippen LogP contribution in [-0.2, 0) is 4.74 Å². The van der Waals surface area contributed by atoms with Gasteiger partial charge in [0.05, 0.1) is 6.61 Å². The van der Waals surface area contributed by atoms with E-state index in [9.17, 15) is 28.9 Å². The SMILES string of the molecule is NC1=N[C@H]2[C@H](CO)NC(N)=[N+]3C[C@H](OC(=O)c4c(F)cccc4F)C(O)(O)[C@]23N1. The Bertz CT molecular complexity index is 933. The highest BCUT2D eigenvalue weighted by Crippen LogP contribution is 2.42. The number of halogens is 2. The van der Waals surface area contributed by atoms with Gasteiger partial charge >= 0.3 is 11.9 Å². The van der Waals surface area contributed by atoms with Crippen LogP contribution in [0.25, 0.3) is 0 Å². The maximum absolute atomic E-state index is 13.9. The van der Waals surface area contributed by atoms with Crippen LogP contribution >= 0.6 is 0 Å². The number of benzene rings is 1. The van der Waals surface area contributed by atoms with E-state index in [0.29, 0.717) is 0 Å². The van der Waals surface area contributed by atoms with Crippen molar-refractivity contribution in [1.82, 2.24) is 10.6 Å². The molecule has 13 heteroatoms. The predicted molar refractivity (Wildman–Crippen MR) is 92.3 cm³/mol. The fourth-order valence-corrected chi connectivity index (χ4v) is 4.12. The lowest BCUT2D eigenvalue weighted by atomic mass is 9.86. The number of esters is 1. The fraction of sp³-hybridized carbons (Fsp3) is 0.438. The summed E-state index contributed by atoms with van der Waals surface area (Å²) in [5, 5.41) is 37.0. The molecule has 0 aromatic heterocycles. The van der Waals surface area contributed by atoms with E-state index in [-0.39, 0.29) is 18.5 Å². The zero-order chi connectivity index (χ0) is 21.1. The van der Waals surface area contributed by atoms with Crippen LogP contribution in [0.2, 0.25) is 0 Å². The third kappa shape index (κ3) is 2.47. The number of nitrogens with one attached hydrogen (secondary N) is 2. The topological polar surface area (TPSA) is 178 Å². The summed E-state index contributed by atoms with van der Waals surface area (Å²) in [7, 11) is 0. The van der Waals surface area contributed by atoms with E-state index in [1.807, 2.05) is 0 Å². The summed E-state index contributed by atoms with van der Waals surface area (Å²) < 4.78 is 34.1. The quantitative estimate of drug-likeness (QED) is 0.150. The van der Waals surface area contributed by atoms with Crippen molar-refractivity contribution in [1.29, 1.82) is 0 Å². The maximum Gasteiger partial charge on any atom is 0.346 e. The highest BCUT2D eigenvalue weighted by atomic mass is 19.1. The van der Waals surface area contributed by atoms with Crippen molar-refractivity contribution < 1.29 is 38.2 Å². The molecule has 3 heterocycles. The maximum atomic E-state index is 13.9. The van der Waals surface area contributed by atoms with Crippen molar-refractivity contribution in [2.24, 2.45) is 16.5 Å². The molecule has 0 bridgehead atoms. The molecule has 1 aromatic rings. The summed E-state index contributed by atoms with van der Waals surface area (Å²) >= 11 is 0. The number of hydrogen-bond acceptors (Lipinski definition) is 10. The lowest BCUT2D eigenvalue weighted by molar-refractivity contribution is -0.623. The third-order valence-corrected chi connectivity index (χ3v) is 5.43. The minimum atomic E-state index is -2.85. The van der Waals surface area contributed by atoms with Gasteiger partial charge in [0.25, 0.3) is 5.79 Å². The molecular weight excluding hydrogens is 394 g/mol. The Labute approximate surface area is 162 Å². The van der Waals surface area contributed by atoms with Gasteiger partial charge < -0.3 is 31.1 Å². The minimum absolute atomic E-state index is 0.0687. The second kappa shape index (κ2) is 6.23. The summed E-state index contributed by atoms with van der Waals surface area (Å²) in [6.45, 7) is -0.835. The Morgan fingerprint density at radius 2 is 2.00 bits per heavy atom. The average Bonchev–Trinajstić information content (AvgIpc) is 3.10. The summed E-state index contributed by atoms with van der Waals surface area (Å²) in [6.07, 6.45) is -1.69. The van der Waals surface area contributed by atoms with Crippen LogP contribution < -0.4 is 22.1 Å². The summed E-state index contributed by atoms with van der Waals surface area (Å²) in [4.78, 5) is 16.5. The Balaban J connectivity index is 1.73. The van der Waals surface area contributed by atoms with Crippen LogP contribution in [0.1, 0.15) is 10.4 Å². The Hall–Kier alpha value is -3.03. The number of hydrogen-bond donors (Lipinski definition) is 7. The predicted octanol–water partition coefficient (Wildman–Crippen LogP) is -3.54. The number of aliphatic hydroxyl groups excluding tert-OH is 1. The van der Waals surface area contributed by atoms with E-state index in [0.717, 1.165) is 18.2 Å². The van der Waals surface area contributed by atoms with Crippen molar-refractivity contribution >= 4 is 17.9 Å². The molecule has 1 fully saturated rings. The number of guanidine groups is 2. The number of carbonyl (C=O) groups excluding carboxylic acids is 1. The molecule has 11 nitrogen and oxygen atoms in total. The van der Waals surface area contributed by atoms with Gasteiger partial charge in [-0.2, -0.15) is 0 Å². The second-order valence-electron chi connectivity index (χ2n) is 7.00. The van der Waals surface area contributed by atoms with E-state index in [4.69, 9.17) is 16.2 Å². The van der Waals surface area contributed by atoms with Crippen LogP contribution in [-0.4, -0.2) is 80.6 Å². The molecule has 0 radical (unpaired) electrons. The standard InChI is InChI=1S/C16H18F2N6O5/c17-6-2-1-3-7(18)10(6)12(26)29-9-4-24-14(20)21-8(5-25)11-15(24,16(9,27)28)23-13(19)22-11/h1-3,8-9,11,25,27-28H,4-5H2,(H5,19,20,21,22,23)/p+1/t8-,9-,11-,15-/m0/s1. The van der Waals surface area contributed by atoms with Crippen LogP contribution in [0.5, 0.6) is 0 Å². The smallest absolute Gasteiger partial charge is 0.346 e. The summed E-state index contributed by atoms with van der Waals surface area (Å²) in [5.41, 5.74) is 8.84. The zero-order valence-corrected chi connectivity index (χ0v) is 14.8. The third-order valence-electron chi connectivity index (χ3n) is 5.43. The van der Waals surface area contributed by atoms with Gasteiger partial charge in [0.2, 0.25) is 5.66 Å². The number of rotatable bonds is 3. The molecule has 4 atom stereocenters. The molecule has 3 aliphatic heterocycles. The van der Waals surface area contributed by atoms with Crippen LogP contribution in [0, 0.1) is 11.6 Å². The Morgan fingerprint density at radius 3 is 2.62 bits per heavy atom. The molecule has 0 amide bonds. The molecule has 0 unspecified atom stereocenters. The van der Waals surface area contributed by atoms with Gasteiger partial charge in [0.15, 0.2) is 18.1 Å². The molecular formula is C16H19F2N6O5+. The molecule has 3 aliphatic rings. The number of carbonyl (C=O) groups is 1. The molecule has 0 aliphatic carbocycles. The van der Waals surface area contributed by atoms with Gasteiger partial charge in [-0.05, 0) is 12.1 Å². The molecule has 0 saturated carbocycles. The van der Waals surface area contributed by atoms with Crippen molar-refractivity contribution in [3.05, 3.63) is 35.4 Å². The molecule has 1 aromatic carbocycles. The molecule has 1 spiro atoms.